The van der Waals surface area contributed by atoms with Gasteiger partial charge in [-0.25, -0.2) is 0 Å². The lowest BCUT2D eigenvalue weighted by Crippen LogP contribution is -2.30. The summed E-state index contributed by atoms with van der Waals surface area (Å²) in [6.07, 6.45) is 9.68. The molecule has 1 amide bonds. The number of likely N-dealkylation sites (N-methyl/N-ethyl adjacent to an activating group) is 1. The van der Waals surface area contributed by atoms with Crippen LogP contribution in [0.5, 0.6) is 0 Å². The van der Waals surface area contributed by atoms with E-state index in [4.69, 9.17) is 5.73 Å². The Morgan fingerprint density at radius 2 is 1.93 bits per heavy atom. The van der Waals surface area contributed by atoms with E-state index in [1.807, 2.05) is 52.8 Å². The standard InChI is InChI=1S/C19H26Br2N2O2S.C2H6/c1-5-7-8-9-14(4)23(6-2)16(24)12-15(22)26-17-13(3)10-11-19(20,21)18(17)25;1-2/h7-9,12H,5-6,10-11,22H2,1-4H3;1-2H3/b8-7-,14-9+,15-12+;. The Hall–Kier alpha value is -0.790. The molecule has 7 heteroatoms. The SMILES string of the molecule is CC.CC/C=C\C=C(/C)N(CC)C(=O)/C=C(\N)SC1=C(C)CCC(Br)(Br)C1=O. The highest BCUT2D eigenvalue weighted by Crippen LogP contribution is 2.45. The van der Waals surface area contributed by atoms with Crippen LogP contribution >= 0.6 is 43.6 Å². The molecule has 0 aliphatic heterocycles. The van der Waals surface area contributed by atoms with Crippen molar-refractivity contribution in [2.75, 3.05) is 6.54 Å². The number of hydrogen-bond acceptors (Lipinski definition) is 4. The van der Waals surface area contributed by atoms with Crippen molar-refractivity contribution in [2.45, 2.75) is 64.0 Å². The first-order valence-electron chi connectivity index (χ1n) is 9.56. The number of nitrogens with zero attached hydrogens (tertiary/aromatic N) is 1. The Labute approximate surface area is 191 Å². The summed E-state index contributed by atoms with van der Waals surface area (Å²) in [7, 11) is 0. The Kier molecular flexibility index (Phi) is 13.1. The number of thioether (sulfide) groups is 1. The van der Waals surface area contributed by atoms with Gasteiger partial charge >= 0.3 is 0 Å². The number of hydrogen-bond donors (Lipinski definition) is 1. The fourth-order valence-corrected chi connectivity index (χ4v) is 4.42. The summed E-state index contributed by atoms with van der Waals surface area (Å²) in [5.74, 6) is -0.246. The van der Waals surface area contributed by atoms with Gasteiger partial charge in [0.2, 0.25) is 0 Å². The quantitative estimate of drug-likeness (QED) is 0.233. The molecule has 0 radical (unpaired) electrons. The minimum atomic E-state index is -0.744. The third-order valence-electron chi connectivity index (χ3n) is 3.94. The first kappa shape index (κ1) is 27.2. The van der Waals surface area contributed by atoms with Crippen molar-refractivity contribution in [2.24, 2.45) is 5.73 Å². The van der Waals surface area contributed by atoms with Crippen LogP contribution in [-0.4, -0.2) is 26.4 Å². The lowest BCUT2D eigenvalue weighted by atomic mass is 9.99. The van der Waals surface area contributed by atoms with Crippen LogP contribution in [0.2, 0.25) is 0 Å². The fraction of sp³-hybridized carbons (Fsp3) is 0.524. The van der Waals surface area contributed by atoms with E-state index in [9.17, 15) is 9.59 Å². The number of carbonyl (C=O) groups excluding carboxylic acids is 2. The van der Waals surface area contributed by atoms with Gasteiger partial charge in [-0.2, -0.15) is 0 Å². The minimum Gasteiger partial charge on any atom is -0.393 e. The molecule has 0 fully saturated rings. The molecule has 0 aromatic carbocycles. The zero-order chi connectivity index (χ0) is 21.9. The number of halogens is 2. The summed E-state index contributed by atoms with van der Waals surface area (Å²) in [6, 6.07) is 0. The van der Waals surface area contributed by atoms with Crippen molar-refractivity contribution >= 4 is 55.3 Å². The van der Waals surface area contributed by atoms with E-state index in [0.29, 0.717) is 22.9 Å². The molecule has 0 unspecified atom stereocenters. The number of carbonyl (C=O) groups is 2. The third-order valence-corrected chi connectivity index (χ3v) is 6.55. The van der Waals surface area contributed by atoms with Gasteiger partial charge in [0.15, 0.2) is 5.78 Å². The molecule has 0 saturated carbocycles. The molecule has 0 spiro atoms. The van der Waals surface area contributed by atoms with Crippen molar-refractivity contribution in [1.82, 2.24) is 4.90 Å². The van der Waals surface area contributed by atoms with Gasteiger partial charge in [0, 0.05) is 18.3 Å². The normalized spacial score (nSPS) is 17.5. The molecule has 0 atom stereocenters. The monoisotopic (exact) mass is 534 g/mol. The first-order valence-corrected chi connectivity index (χ1v) is 12.0. The average Bonchev–Trinajstić information content (AvgIpc) is 2.65. The minimum absolute atomic E-state index is 0.0526. The molecule has 1 rings (SSSR count). The largest absolute Gasteiger partial charge is 0.393 e. The van der Waals surface area contributed by atoms with E-state index in [0.717, 1.165) is 35.9 Å². The van der Waals surface area contributed by atoms with E-state index < -0.39 is 3.23 Å². The maximum Gasteiger partial charge on any atom is 0.253 e. The van der Waals surface area contributed by atoms with Gasteiger partial charge in [-0.3, -0.25) is 9.59 Å². The van der Waals surface area contributed by atoms with Crippen molar-refractivity contribution in [1.29, 1.82) is 0 Å². The van der Waals surface area contributed by atoms with Crippen molar-refractivity contribution in [3.8, 4) is 0 Å². The number of alkyl halides is 2. The fourth-order valence-electron chi connectivity index (χ4n) is 2.42. The highest BCUT2D eigenvalue weighted by atomic mass is 79.9. The van der Waals surface area contributed by atoms with Crippen LogP contribution in [0.1, 0.15) is 60.8 Å². The van der Waals surface area contributed by atoms with E-state index in [1.54, 1.807) is 4.90 Å². The Morgan fingerprint density at radius 1 is 1.32 bits per heavy atom. The molecule has 0 saturated heterocycles. The van der Waals surface area contributed by atoms with Crippen molar-refractivity contribution in [3.63, 3.8) is 0 Å². The molecule has 0 aromatic rings. The Balaban J connectivity index is 0.00000352. The van der Waals surface area contributed by atoms with Gasteiger partial charge < -0.3 is 10.6 Å². The molecule has 4 nitrogen and oxygen atoms in total. The zero-order valence-electron chi connectivity index (χ0n) is 17.6. The van der Waals surface area contributed by atoms with Gasteiger partial charge in [0.05, 0.1) is 9.93 Å². The van der Waals surface area contributed by atoms with Crippen LogP contribution in [0.15, 0.2) is 45.5 Å². The smallest absolute Gasteiger partial charge is 0.253 e. The molecule has 0 bridgehead atoms. The Bertz CT molecular complexity index is 680. The maximum absolute atomic E-state index is 12.6. The molecular weight excluding hydrogens is 504 g/mol. The summed E-state index contributed by atoms with van der Waals surface area (Å²) in [5, 5.41) is 0.311. The average molecular weight is 536 g/mol. The number of ketones is 1. The molecule has 158 valence electrons. The third kappa shape index (κ3) is 8.29. The van der Waals surface area contributed by atoms with Crippen molar-refractivity contribution in [3.05, 3.63) is 45.5 Å². The molecule has 1 aliphatic rings. The lowest BCUT2D eigenvalue weighted by molar-refractivity contribution is -0.124. The van der Waals surface area contributed by atoms with Crippen LogP contribution in [-0.2, 0) is 9.59 Å². The van der Waals surface area contributed by atoms with Crippen LogP contribution in [0.3, 0.4) is 0 Å². The van der Waals surface area contributed by atoms with Gasteiger partial charge in [-0.1, -0.05) is 82.1 Å². The number of amides is 1. The predicted octanol–water partition coefficient (Wildman–Crippen LogP) is 6.39. The molecule has 0 heterocycles. The van der Waals surface area contributed by atoms with Gasteiger partial charge in [0.1, 0.15) is 3.23 Å². The molecular formula is C21H32Br2N2O2S. The summed E-state index contributed by atoms with van der Waals surface area (Å²) >= 11 is 8.00. The van der Waals surface area contributed by atoms with Gasteiger partial charge in [-0.15, -0.1) is 0 Å². The number of nitrogens with two attached hydrogens (primary N) is 1. The zero-order valence-corrected chi connectivity index (χ0v) is 21.6. The summed E-state index contributed by atoms with van der Waals surface area (Å²) in [4.78, 5) is 27.4. The highest BCUT2D eigenvalue weighted by Gasteiger charge is 2.39. The van der Waals surface area contributed by atoms with Crippen LogP contribution in [0.25, 0.3) is 0 Å². The second-order valence-corrected chi connectivity index (χ2v) is 10.9. The van der Waals surface area contributed by atoms with Crippen LogP contribution in [0.4, 0.5) is 0 Å². The lowest BCUT2D eigenvalue weighted by Gasteiger charge is -2.27. The molecule has 28 heavy (non-hydrogen) atoms. The summed E-state index contributed by atoms with van der Waals surface area (Å²) in [6.45, 7) is 12.3. The van der Waals surface area contributed by atoms with Crippen molar-refractivity contribution < 1.29 is 9.59 Å². The van der Waals surface area contributed by atoms with Gasteiger partial charge in [0.25, 0.3) is 5.91 Å². The first-order chi connectivity index (χ1) is 13.1. The van der Waals surface area contributed by atoms with Crippen LogP contribution in [0, 0.1) is 0 Å². The van der Waals surface area contributed by atoms with E-state index in [2.05, 4.69) is 38.8 Å². The topological polar surface area (TPSA) is 63.4 Å². The maximum atomic E-state index is 12.6. The number of allylic oxidation sites excluding steroid dienone is 6. The number of Topliss-reactive ketones (excluding diaryl/α,β-unsaturated/α-hetero) is 1. The predicted molar refractivity (Wildman–Crippen MR) is 129 cm³/mol. The molecule has 0 aromatic heterocycles. The van der Waals surface area contributed by atoms with Crippen LogP contribution < -0.4 is 5.73 Å². The summed E-state index contributed by atoms with van der Waals surface area (Å²) in [5.41, 5.74) is 7.90. The summed E-state index contributed by atoms with van der Waals surface area (Å²) < 4.78 is -0.744. The second kappa shape index (κ2) is 13.4. The highest BCUT2D eigenvalue weighted by molar-refractivity contribution is 9.26. The molecule has 1 aliphatic carbocycles. The van der Waals surface area contributed by atoms with E-state index >= 15 is 0 Å². The van der Waals surface area contributed by atoms with E-state index in [1.165, 1.54) is 6.08 Å². The Morgan fingerprint density at radius 3 is 2.46 bits per heavy atom. The molecule has 2 N–H and O–H groups in total. The second-order valence-electron chi connectivity index (χ2n) is 6.02. The number of rotatable bonds is 7. The van der Waals surface area contributed by atoms with E-state index in [-0.39, 0.29) is 11.7 Å². The van der Waals surface area contributed by atoms with Gasteiger partial charge in [-0.05, 0) is 46.1 Å².